The van der Waals surface area contributed by atoms with Gasteiger partial charge < -0.3 is 0 Å². The molecule has 16 heavy (non-hydrogen) atoms. The second-order valence-electron chi connectivity index (χ2n) is 6.82. The summed E-state index contributed by atoms with van der Waals surface area (Å²) in [4.78, 5) is 2.65. The Hall–Kier alpha value is -0.0400. The molecular formula is C15H33N. The molecule has 0 N–H and O–H groups in total. The average Bonchev–Trinajstić information content (AvgIpc) is 2.18. The highest BCUT2D eigenvalue weighted by Crippen LogP contribution is 2.35. The van der Waals surface area contributed by atoms with E-state index in [9.17, 15) is 0 Å². The van der Waals surface area contributed by atoms with Crippen LogP contribution in [-0.4, -0.2) is 23.5 Å². The van der Waals surface area contributed by atoms with Crippen molar-refractivity contribution in [3.8, 4) is 0 Å². The van der Waals surface area contributed by atoms with Gasteiger partial charge in [-0.3, -0.25) is 4.90 Å². The first-order valence-corrected chi connectivity index (χ1v) is 6.96. The van der Waals surface area contributed by atoms with Crippen molar-refractivity contribution in [2.75, 3.05) is 13.1 Å². The first-order chi connectivity index (χ1) is 7.21. The van der Waals surface area contributed by atoms with E-state index in [-0.39, 0.29) is 0 Å². The van der Waals surface area contributed by atoms with E-state index in [0.717, 1.165) is 5.92 Å². The lowest BCUT2D eigenvalue weighted by Crippen LogP contribution is -2.49. The van der Waals surface area contributed by atoms with Gasteiger partial charge in [0.25, 0.3) is 0 Å². The lowest BCUT2D eigenvalue weighted by molar-refractivity contribution is 0.0388. The second-order valence-corrected chi connectivity index (χ2v) is 6.82. The average molecular weight is 227 g/mol. The zero-order valence-electron chi connectivity index (χ0n) is 12.9. The van der Waals surface area contributed by atoms with Crippen LogP contribution in [0.4, 0.5) is 0 Å². The van der Waals surface area contributed by atoms with Crippen LogP contribution in [0.3, 0.4) is 0 Å². The molecule has 1 heterocycles. The van der Waals surface area contributed by atoms with Gasteiger partial charge in [0.2, 0.25) is 0 Å². The molecule has 1 heteroatoms. The molecule has 1 rings (SSSR count). The van der Waals surface area contributed by atoms with E-state index < -0.39 is 0 Å². The minimum atomic E-state index is 0.351. The van der Waals surface area contributed by atoms with Crippen molar-refractivity contribution in [2.24, 2.45) is 11.3 Å². The van der Waals surface area contributed by atoms with Crippen LogP contribution >= 0.6 is 0 Å². The van der Waals surface area contributed by atoms with Crippen LogP contribution in [0.5, 0.6) is 0 Å². The topological polar surface area (TPSA) is 3.24 Å². The molecule has 0 bridgehead atoms. The molecule has 0 aromatic heterocycles. The number of hydrogen-bond donors (Lipinski definition) is 0. The van der Waals surface area contributed by atoms with Gasteiger partial charge in [0.1, 0.15) is 0 Å². The van der Waals surface area contributed by atoms with E-state index in [4.69, 9.17) is 0 Å². The largest absolute Gasteiger partial charge is 0.298 e. The third-order valence-corrected chi connectivity index (χ3v) is 3.59. The molecule has 1 atom stereocenters. The molecule has 0 aliphatic carbocycles. The second kappa shape index (κ2) is 6.05. The van der Waals surface area contributed by atoms with Gasteiger partial charge in [-0.2, -0.15) is 0 Å². The molecule has 98 valence electrons. The molecule has 0 radical (unpaired) electrons. The van der Waals surface area contributed by atoms with E-state index in [0.29, 0.717) is 11.0 Å². The standard InChI is InChI=1S/C13H27N.C2H6/c1-12(2,3)11-8-7-9-14(10-11)13(4,5)6;1-2/h11H,7-10H2,1-6H3;1-2H3. The molecule has 0 amide bonds. The summed E-state index contributed by atoms with van der Waals surface area (Å²) in [5, 5.41) is 0. The fraction of sp³-hybridized carbons (Fsp3) is 1.00. The van der Waals surface area contributed by atoms with Crippen LogP contribution in [0.1, 0.15) is 68.2 Å². The molecule has 1 saturated heterocycles. The zero-order chi connectivity index (χ0) is 13.0. The summed E-state index contributed by atoms with van der Waals surface area (Å²) in [7, 11) is 0. The Bertz CT molecular complexity index is 163. The van der Waals surface area contributed by atoms with E-state index in [1.165, 1.54) is 25.9 Å². The Morgan fingerprint density at radius 1 is 0.938 bits per heavy atom. The van der Waals surface area contributed by atoms with Crippen LogP contribution < -0.4 is 0 Å². The molecule has 0 aromatic rings. The van der Waals surface area contributed by atoms with Crippen molar-refractivity contribution in [2.45, 2.75) is 73.8 Å². The first-order valence-electron chi connectivity index (χ1n) is 6.96. The predicted octanol–water partition coefficient (Wildman–Crippen LogP) is 4.57. The summed E-state index contributed by atoms with van der Waals surface area (Å²) >= 11 is 0. The Balaban J connectivity index is 0.00000106. The van der Waals surface area contributed by atoms with Gasteiger partial charge in [0.05, 0.1) is 0 Å². The molecule has 1 aliphatic heterocycles. The normalized spacial score (nSPS) is 23.6. The van der Waals surface area contributed by atoms with E-state index in [1.807, 2.05) is 13.8 Å². The maximum Gasteiger partial charge on any atom is 0.0125 e. The lowest BCUT2D eigenvalue weighted by atomic mass is 9.75. The Labute approximate surface area is 104 Å². The molecule has 0 spiro atoms. The number of likely N-dealkylation sites (tertiary alicyclic amines) is 1. The van der Waals surface area contributed by atoms with Gasteiger partial charge in [-0.05, 0) is 51.5 Å². The number of nitrogens with zero attached hydrogens (tertiary/aromatic N) is 1. The summed E-state index contributed by atoms with van der Waals surface area (Å²) in [5.41, 5.74) is 0.827. The fourth-order valence-electron chi connectivity index (χ4n) is 2.29. The minimum absolute atomic E-state index is 0.351. The summed E-state index contributed by atoms with van der Waals surface area (Å²) in [6.45, 7) is 20.7. The molecule has 1 unspecified atom stereocenters. The number of rotatable bonds is 0. The lowest BCUT2D eigenvalue weighted by Gasteiger charge is -2.45. The van der Waals surface area contributed by atoms with Gasteiger partial charge in [0.15, 0.2) is 0 Å². The number of piperidine rings is 1. The summed E-state index contributed by atoms with van der Waals surface area (Å²) in [5.74, 6) is 0.871. The maximum absolute atomic E-state index is 2.65. The van der Waals surface area contributed by atoms with Crippen LogP contribution in [0, 0.1) is 11.3 Å². The van der Waals surface area contributed by atoms with Crippen molar-refractivity contribution in [1.29, 1.82) is 0 Å². The quantitative estimate of drug-likeness (QED) is 0.586. The van der Waals surface area contributed by atoms with Crippen molar-refractivity contribution in [1.82, 2.24) is 4.90 Å². The van der Waals surface area contributed by atoms with Crippen molar-refractivity contribution in [3.05, 3.63) is 0 Å². The first kappa shape index (κ1) is 16.0. The fourth-order valence-corrected chi connectivity index (χ4v) is 2.29. The van der Waals surface area contributed by atoms with Crippen LogP contribution in [0.25, 0.3) is 0 Å². The molecule has 0 aromatic carbocycles. The highest BCUT2D eigenvalue weighted by atomic mass is 15.2. The van der Waals surface area contributed by atoms with Crippen molar-refractivity contribution >= 4 is 0 Å². The SMILES string of the molecule is CC.CC(C)(C)C1CCCN(C(C)(C)C)C1. The van der Waals surface area contributed by atoms with Crippen LogP contribution in [0.15, 0.2) is 0 Å². The van der Waals surface area contributed by atoms with Crippen molar-refractivity contribution in [3.63, 3.8) is 0 Å². The predicted molar refractivity (Wildman–Crippen MR) is 74.9 cm³/mol. The summed E-state index contributed by atoms with van der Waals surface area (Å²) in [6.07, 6.45) is 2.79. The molecular weight excluding hydrogens is 194 g/mol. The summed E-state index contributed by atoms with van der Waals surface area (Å²) in [6, 6.07) is 0. The highest BCUT2D eigenvalue weighted by Gasteiger charge is 2.33. The molecule has 1 aliphatic rings. The van der Waals surface area contributed by atoms with Gasteiger partial charge >= 0.3 is 0 Å². The van der Waals surface area contributed by atoms with E-state index >= 15 is 0 Å². The van der Waals surface area contributed by atoms with Gasteiger partial charge in [-0.1, -0.05) is 34.6 Å². The van der Waals surface area contributed by atoms with E-state index in [2.05, 4.69) is 46.4 Å². The van der Waals surface area contributed by atoms with Gasteiger partial charge in [-0.25, -0.2) is 0 Å². The van der Waals surface area contributed by atoms with E-state index in [1.54, 1.807) is 0 Å². The number of hydrogen-bond acceptors (Lipinski definition) is 1. The maximum atomic E-state index is 2.65. The third kappa shape index (κ3) is 4.86. The molecule has 1 nitrogen and oxygen atoms in total. The monoisotopic (exact) mass is 227 g/mol. The highest BCUT2D eigenvalue weighted by molar-refractivity contribution is 4.86. The third-order valence-electron chi connectivity index (χ3n) is 3.59. The zero-order valence-corrected chi connectivity index (χ0v) is 12.9. The molecule has 1 fully saturated rings. The summed E-state index contributed by atoms with van der Waals surface area (Å²) < 4.78 is 0. The van der Waals surface area contributed by atoms with Crippen molar-refractivity contribution < 1.29 is 0 Å². The van der Waals surface area contributed by atoms with Crippen LogP contribution in [0.2, 0.25) is 0 Å². The Morgan fingerprint density at radius 3 is 1.81 bits per heavy atom. The van der Waals surface area contributed by atoms with Gasteiger partial charge in [0, 0.05) is 12.1 Å². The minimum Gasteiger partial charge on any atom is -0.298 e. The molecule has 0 saturated carbocycles. The Morgan fingerprint density at radius 2 is 1.44 bits per heavy atom. The van der Waals surface area contributed by atoms with Gasteiger partial charge in [-0.15, -0.1) is 0 Å². The van der Waals surface area contributed by atoms with Crippen LogP contribution in [-0.2, 0) is 0 Å². The Kier molecular flexibility index (Phi) is 6.03. The smallest absolute Gasteiger partial charge is 0.0125 e.